The molecule has 3 fully saturated rings. The molecule has 1 aliphatic heterocycles. The third-order valence-corrected chi connectivity index (χ3v) is 7.34. The van der Waals surface area contributed by atoms with Crippen molar-refractivity contribution in [3.8, 4) is 6.07 Å². The number of anilines is 3. The summed E-state index contributed by atoms with van der Waals surface area (Å²) in [6.45, 7) is 7.58. The SMILES string of the molecule is C=Cc1ccnc(Nc2c(C3CC3)nc(N3CCN(C(=O)CCO)[C@H](C4CC4)C3)c(C#N)c2C)c1. The highest BCUT2D eigenvalue weighted by Crippen LogP contribution is 2.46. The van der Waals surface area contributed by atoms with Gasteiger partial charge in [0.2, 0.25) is 5.91 Å². The van der Waals surface area contributed by atoms with Crippen molar-refractivity contribution in [1.29, 1.82) is 5.26 Å². The van der Waals surface area contributed by atoms with Gasteiger partial charge in [0.05, 0.1) is 29.6 Å². The number of pyridine rings is 2. The van der Waals surface area contributed by atoms with Gasteiger partial charge in [0, 0.05) is 38.2 Å². The Morgan fingerprint density at radius 1 is 1.34 bits per heavy atom. The van der Waals surface area contributed by atoms with Crippen LogP contribution in [0.2, 0.25) is 0 Å². The monoisotopic (exact) mass is 472 g/mol. The van der Waals surface area contributed by atoms with Gasteiger partial charge >= 0.3 is 0 Å². The van der Waals surface area contributed by atoms with Crippen LogP contribution < -0.4 is 10.2 Å². The largest absolute Gasteiger partial charge is 0.396 e. The number of nitriles is 1. The molecule has 5 rings (SSSR count). The van der Waals surface area contributed by atoms with Crippen LogP contribution in [-0.2, 0) is 4.79 Å². The van der Waals surface area contributed by atoms with Crippen molar-refractivity contribution in [1.82, 2.24) is 14.9 Å². The molecule has 8 heteroatoms. The van der Waals surface area contributed by atoms with Crippen LogP contribution >= 0.6 is 0 Å². The molecule has 0 bridgehead atoms. The summed E-state index contributed by atoms with van der Waals surface area (Å²) in [5.74, 6) is 2.30. The lowest BCUT2D eigenvalue weighted by atomic mass is 10.0. The van der Waals surface area contributed by atoms with E-state index in [1.165, 1.54) is 0 Å². The van der Waals surface area contributed by atoms with Crippen LogP contribution in [0, 0.1) is 24.2 Å². The fourth-order valence-electron chi connectivity index (χ4n) is 5.09. The molecule has 3 heterocycles. The summed E-state index contributed by atoms with van der Waals surface area (Å²) in [6, 6.07) is 6.35. The van der Waals surface area contributed by atoms with E-state index in [9.17, 15) is 15.2 Å². The van der Waals surface area contributed by atoms with E-state index in [4.69, 9.17) is 4.98 Å². The molecule has 1 saturated heterocycles. The number of aliphatic hydroxyl groups is 1. The maximum absolute atomic E-state index is 12.6. The molecule has 0 unspecified atom stereocenters. The summed E-state index contributed by atoms with van der Waals surface area (Å²) < 4.78 is 0. The highest BCUT2D eigenvalue weighted by molar-refractivity contribution is 5.78. The molecular weight excluding hydrogens is 440 g/mol. The average Bonchev–Trinajstić information content (AvgIpc) is 3.78. The Balaban J connectivity index is 1.49. The van der Waals surface area contributed by atoms with Gasteiger partial charge < -0.3 is 20.2 Å². The van der Waals surface area contributed by atoms with Crippen LogP contribution in [0.3, 0.4) is 0 Å². The molecule has 0 spiro atoms. The van der Waals surface area contributed by atoms with Crippen molar-refractivity contribution in [2.45, 2.75) is 51.0 Å². The lowest BCUT2D eigenvalue weighted by molar-refractivity contribution is -0.135. The predicted octanol–water partition coefficient (Wildman–Crippen LogP) is 3.73. The van der Waals surface area contributed by atoms with Gasteiger partial charge in [-0.2, -0.15) is 5.26 Å². The minimum atomic E-state index is -0.125. The number of nitrogens with one attached hydrogen (secondary N) is 1. The normalized spacial score (nSPS) is 19.9. The second kappa shape index (κ2) is 9.67. The summed E-state index contributed by atoms with van der Waals surface area (Å²) in [4.78, 5) is 26.3. The fraction of sp³-hybridized carbons (Fsp3) is 0.481. The first-order valence-corrected chi connectivity index (χ1v) is 12.5. The molecule has 0 radical (unpaired) electrons. The Bertz CT molecular complexity index is 1180. The fourth-order valence-corrected chi connectivity index (χ4v) is 5.09. The number of aliphatic hydroxyl groups excluding tert-OH is 1. The van der Waals surface area contributed by atoms with Gasteiger partial charge in [0.15, 0.2) is 0 Å². The van der Waals surface area contributed by atoms with Gasteiger partial charge in [-0.3, -0.25) is 4.79 Å². The van der Waals surface area contributed by atoms with Crippen LogP contribution in [0.15, 0.2) is 24.9 Å². The molecule has 3 aliphatic rings. The minimum Gasteiger partial charge on any atom is -0.396 e. The quantitative estimate of drug-likeness (QED) is 0.603. The minimum absolute atomic E-state index is 0.0150. The van der Waals surface area contributed by atoms with E-state index in [1.54, 1.807) is 12.3 Å². The molecule has 0 aromatic carbocycles. The lowest BCUT2D eigenvalue weighted by Crippen LogP contribution is -2.56. The topological polar surface area (TPSA) is 105 Å². The van der Waals surface area contributed by atoms with Gasteiger partial charge in [-0.1, -0.05) is 12.7 Å². The Labute approximate surface area is 206 Å². The number of nitrogens with zero attached hydrogens (tertiary/aromatic N) is 5. The third kappa shape index (κ3) is 4.73. The standard InChI is InChI=1S/C27H32N6O2/c1-3-18-8-10-29-23(14-18)30-25-17(2)21(15-28)27(31-26(25)20-6-7-20)32-11-12-33(24(35)9-13-34)22(16-32)19-4-5-19/h3,8,10,14,19-20,22,34H,1,4-7,9,11-13,16H2,2H3,(H,29,30)/t22-/m0/s1. The molecule has 2 saturated carbocycles. The second-order valence-corrected chi connectivity index (χ2v) is 9.80. The Kier molecular flexibility index (Phi) is 6.44. The molecule has 35 heavy (non-hydrogen) atoms. The van der Waals surface area contributed by atoms with Crippen LogP contribution in [0.5, 0.6) is 0 Å². The van der Waals surface area contributed by atoms with Gasteiger partial charge in [-0.15, -0.1) is 0 Å². The zero-order valence-corrected chi connectivity index (χ0v) is 20.2. The smallest absolute Gasteiger partial charge is 0.225 e. The van der Waals surface area contributed by atoms with E-state index >= 15 is 0 Å². The van der Waals surface area contributed by atoms with E-state index in [2.05, 4.69) is 27.8 Å². The molecule has 1 amide bonds. The van der Waals surface area contributed by atoms with E-state index in [0.29, 0.717) is 42.9 Å². The first kappa shape index (κ1) is 23.3. The first-order chi connectivity index (χ1) is 17.0. The molecule has 2 aromatic heterocycles. The molecule has 2 N–H and O–H groups in total. The summed E-state index contributed by atoms with van der Waals surface area (Å²) in [5, 5.41) is 22.9. The Morgan fingerprint density at radius 3 is 2.80 bits per heavy atom. The first-order valence-electron chi connectivity index (χ1n) is 12.5. The van der Waals surface area contributed by atoms with Gasteiger partial charge in [0.1, 0.15) is 17.7 Å². The molecule has 1 atom stereocenters. The molecule has 182 valence electrons. The van der Waals surface area contributed by atoms with Crippen molar-refractivity contribution in [2.75, 3.05) is 36.5 Å². The van der Waals surface area contributed by atoms with Crippen LogP contribution in [-0.4, -0.2) is 58.2 Å². The number of piperazine rings is 1. The molecule has 2 aliphatic carbocycles. The predicted molar refractivity (Wildman–Crippen MR) is 135 cm³/mol. The summed E-state index contributed by atoms with van der Waals surface area (Å²) in [6.07, 6.45) is 8.09. The number of rotatable bonds is 8. The van der Waals surface area contributed by atoms with Crippen molar-refractivity contribution in [3.05, 3.63) is 47.3 Å². The average molecular weight is 473 g/mol. The number of amides is 1. The summed E-state index contributed by atoms with van der Waals surface area (Å²) in [5.41, 5.74) is 4.28. The van der Waals surface area contributed by atoms with Gasteiger partial charge in [0.25, 0.3) is 0 Å². The van der Waals surface area contributed by atoms with Crippen molar-refractivity contribution in [3.63, 3.8) is 0 Å². The summed E-state index contributed by atoms with van der Waals surface area (Å²) >= 11 is 0. The number of hydrogen-bond donors (Lipinski definition) is 2. The highest BCUT2D eigenvalue weighted by atomic mass is 16.3. The van der Waals surface area contributed by atoms with E-state index < -0.39 is 0 Å². The van der Waals surface area contributed by atoms with Crippen LogP contribution in [0.25, 0.3) is 6.08 Å². The highest BCUT2D eigenvalue weighted by Gasteiger charge is 2.42. The number of carbonyl (C=O) groups excluding carboxylic acids is 1. The van der Waals surface area contributed by atoms with Gasteiger partial charge in [-0.05, 0) is 61.8 Å². The van der Waals surface area contributed by atoms with E-state index in [1.807, 2.05) is 24.0 Å². The number of carbonyl (C=O) groups is 1. The van der Waals surface area contributed by atoms with E-state index in [0.717, 1.165) is 54.0 Å². The van der Waals surface area contributed by atoms with E-state index in [-0.39, 0.29) is 25.0 Å². The van der Waals surface area contributed by atoms with Gasteiger partial charge in [-0.25, -0.2) is 9.97 Å². The third-order valence-electron chi connectivity index (χ3n) is 7.34. The number of aromatic nitrogens is 2. The van der Waals surface area contributed by atoms with Crippen molar-refractivity contribution < 1.29 is 9.90 Å². The zero-order chi connectivity index (χ0) is 24.5. The lowest BCUT2D eigenvalue weighted by Gasteiger charge is -2.43. The van der Waals surface area contributed by atoms with Crippen molar-refractivity contribution >= 4 is 29.3 Å². The van der Waals surface area contributed by atoms with Crippen LogP contribution in [0.4, 0.5) is 17.3 Å². The Morgan fingerprint density at radius 2 is 2.14 bits per heavy atom. The Hall–Kier alpha value is -3.44. The maximum Gasteiger partial charge on any atom is 0.225 e. The second-order valence-electron chi connectivity index (χ2n) is 9.80. The molecular formula is C27H32N6O2. The van der Waals surface area contributed by atoms with Crippen LogP contribution in [0.1, 0.15) is 60.4 Å². The number of hydrogen-bond acceptors (Lipinski definition) is 7. The molecule has 8 nitrogen and oxygen atoms in total. The summed E-state index contributed by atoms with van der Waals surface area (Å²) in [7, 11) is 0. The zero-order valence-electron chi connectivity index (χ0n) is 20.2. The molecule has 2 aromatic rings. The van der Waals surface area contributed by atoms with Crippen molar-refractivity contribution in [2.24, 2.45) is 5.92 Å². The maximum atomic E-state index is 12.6.